The Morgan fingerprint density at radius 3 is 1.25 bits per heavy atom. The number of aromatic nitrogens is 12. The lowest BCUT2D eigenvalue weighted by Gasteiger charge is -2.30. The summed E-state index contributed by atoms with van der Waals surface area (Å²) in [4.78, 5) is 36.9. The van der Waals surface area contributed by atoms with Crippen molar-refractivity contribution in [3.8, 4) is 44.5 Å². The summed E-state index contributed by atoms with van der Waals surface area (Å²) in [5.74, 6) is 7.89. The molecule has 0 saturated carbocycles. The number of hydrogen-bond donors (Lipinski definition) is 1. The maximum absolute atomic E-state index is 11.4. The minimum absolute atomic E-state index is 0.00548. The van der Waals surface area contributed by atoms with Crippen molar-refractivity contribution in [3.05, 3.63) is 280 Å². The van der Waals surface area contributed by atoms with Crippen LogP contribution < -0.4 is 19.3 Å². The van der Waals surface area contributed by atoms with E-state index in [4.69, 9.17) is 54.3 Å². The van der Waals surface area contributed by atoms with Crippen LogP contribution in [-0.4, -0.2) is 113 Å². The second-order valence-electron chi connectivity index (χ2n) is 44.3. The molecule has 760 valence electrons. The van der Waals surface area contributed by atoms with E-state index in [1.165, 1.54) is 56.2 Å². The summed E-state index contributed by atoms with van der Waals surface area (Å²) in [6.07, 6.45) is 5.46. The number of rotatable bonds is 23. The molecule has 16 aromatic rings. The highest BCUT2D eigenvalue weighted by Crippen LogP contribution is 2.41. The minimum Gasteiger partial charge on any atom is -0.496 e. The monoisotopic (exact) mass is 2000 g/mol. The molecule has 142 heavy (non-hydrogen) atoms. The predicted octanol–water partition coefficient (Wildman–Crippen LogP) is 29.1. The molecule has 0 amide bonds. The normalized spacial score (nSPS) is 12.0. The molecule has 0 fully saturated rings. The maximum atomic E-state index is 11.4. The molecule has 2 N–H and O–H groups in total. The number of methoxy groups -OCH3 is 4. The highest BCUT2D eigenvalue weighted by Gasteiger charge is 2.30. The smallest absolute Gasteiger partial charge is 0.238 e. The van der Waals surface area contributed by atoms with Crippen molar-refractivity contribution < 1.29 is 27.4 Å². The van der Waals surface area contributed by atoms with Gasteiger partial charge in [0, 0.05) is 113 Å². The zero-order valence-corrected chi connectivity index (χ0v) is 93.4. The molecule has 0 saturated heterocycles. The Balaban J connectivity index is 0.000000181. The van der Waals surface area contributed by atoms with Gasteiger partial charge in [-0.1, -0.05) is 281 Å². The number of sulfonamides is 1. The zero-order valence-electron chi connectivity index (χ0n) is 90.2. The first kappa shape index (κ1) is 114. The van der Waals surface area contributed by atoms with E-state index < -0.39 is 10.0 Å². The molecule has 0 atom stereocenters. The third kappa shape index (κ3) is 32.8. The number of para-hydroxylation sites is 10. The van der Waals surface area contributed by atoms with Gasteiger partial charge in [0.1, 0.15) is 44.9 Å². The molecule has 25 heteroatoms. The number of thiophene rings is 1. The van der Waals surface area contributed by atoms with E-state index in [-0.39, 0.29) is 42.8 Å². The SMILES string of the molecule is C=CCCn1c(C(C)(C)C)nc2ccccc21.CC(C)(C)Cc1csc(-c2ccccc2)n1.CC(C)(C)c1nc2ccccc2n1CCC#N.CCn1c(C(C)(C)C)nc2cc(S(N)(=O)=O)ccc21.CCn1c(C(C)(C)C)nc2ccccc21.COCCn1c(C(C)(C)C)nc2ccccc21.COc1cccc(-c2nc(CC(C)(C)C)cs2)c1OC.COc1ccccc1CN(Cc1cccs1)CC(C)(C)C. The van der Waals surface area contributed by atoms with Gasteiger partial charge in [0.25, 0.3) is 0 Å². The van der Waals surface area contributed by atoms with E-state index in [0.29, 0.717) is 30.5 Å². The molecule has 0 aliphatic carbocycles. The van der Waals surface area contributed by atoms with Crippen molar-refractivity contribution in [2.75, 3.05) is 41.6 Å². The Morgan fingerprint density at radius 2 is 0.831 bits per heavy atom. The Bertz CT molecular complexity index is 6850. The topological polar surface area (TPSA) is 239 Å². The van der Waals surface area contributed by atoms with Crippen molar-refractivity contribution in [2.45, 2.75) is 283 Å². The highest BCUT2D eigenvalue weighted by atomic mass is 32.2. The summed E-state index contributed by atoms with van der Waals surface area (Å²) in [5, 5.41) is 22.4. The summed E-state index contributed by atoms with van der Waals surface area (Å²) < 4.78 is 55.4. The van der Waals surface area contributed by atoms with E-state index in [2.05, 4.69) is 349 Å². The molecule has 8 aromatic heterocycles. The van der Waals surface area contributed by atoms with Crippen LogP contribution in [0.25, 0.3) is 76.3 Å². The van der Waals surface area contributed by atoms with Crippen LogP contribution in [0.15, 0.2) is 234 Å². The Hall–Kier alpha value is -11.5. The van der Waals surface area contributed by atoms with Crippen LogP contribution in [0.4, 0.5) is 0 Å². The second kappa shape index (κ2) is 50.2. The quantitative estimate of drug-likeness (QED) is 0.0586. The van der Waals surface area contributed by atoms with E-state index in [0.717, 1.165) is 160 Å². The number of fused-ring (bicyclic) bond motifs is 5. The minimum atomic E-state index is -3.69. The van der Waals surface area contributed by atoms with Crippen molar-refractivity contribution in [1.29, 1.82) is 5.26 Å². The van der Waals surface area contributed by atoms with E-state index in [1.807, 2.05) is 97.1 Å². The van der Waals surface area contributed by atoms with Crippen LogP contribution in [0.5, 0.6) is 17.2 Å². The first-order valence-corrected chi connectivity index (χ1v) is 53.3. The fraction of sp³-hybridized carbons (Fsp3) is 0.436. The number of thiazole rings is 2. The number of allylic oxidation sites excluding steroid dienone is 1. The van der Waals surface area contributed by atoms with Gasteiger partial charge < -0.3 is 41.8 Å². The Labute approximate surface area is 859 Å². The summed E-state index contributed by atoms with van der Waals surface area (Å²) >= 11 is 5.20. The van der Waals surface area contributed by atoms with Crippen molar-refractivity contribution in [1.82, 2.24) is 62.6 Å². The summed E-state index contributed by atoms with van der Waals surface area (Å²) in [6, 6.07) is 68.9. The summed E-state index contributed by atoms with van der Waals surface area (Å²) in [6.45, 7) is 68.8. The fourth-order valence-corrected chi connectivity index (χ4v) is 19.6. The number of nitrogens with two attached hydrogens (primary N) is 1. The molecule has 0 radical (unpaired) electrons. The molecular formula is C117H157N15O6S4. The molecule has 8 aromatic carbocycles. The van der Waals surface area contributed by atoms with Gasteiger partial charge in [-0.3, -0.25) is 4.90 Å². The van der Waals surface area contributed by atoms with Crippen LogP contribution in [0.3, 0.4) is 0 Å². The van der Waals surface area contributed by atoms with Crippen LogP contribution >= 0.6 is 34.0 Å². The molecule has 16 rings (SSSR count). The molecule has 8 heterocycles. The number of aryl methyl sites for hydroxylation is 4. The van der Waals surface area contributed by atoms with E-state index >= 15 is 0 Å². The number of hydrogen-bond acceptors (Lipinski definition) is 18. The fourth-order valence-electron chi connectivity index (χ4n) is 16.6. The standard InChI is InChI=1S/C18H25NOS.C16H21NO2S.C15H20N2.C14H17N3.C14H20N2O.C14H17NS.C13H19N3O2S.C13H18N2/c1-18(2,3)14-19(13-16-9-7-11-21-16)12-15-8-5-6-10-17(15)20-4;1-16(2,3)9-11-10-20-15(17-11)12-7-6-8-13(18-4)14(12)19-5;1-5-6-11-17-13-10-8-7-9-12(13)16-14(17)15(2,3)4;1-14(2,3)13-16-11-7-4-5-8-12(11)17(13)10-6-9-15;1-14(2,3)13-15-11-7-5-6-8-12(11)16(13)9-10-17-4;1-14(2,3)9-12-10-16-13(15-12)11-7-5-4-6-8-11;1-5-16-11-7-6-9(19(14,17)18)8-10(11)15-12(16)13(2,3)4;1-5-15-11-9-7-6-8-10(11)14-12(15)13(2,3)4/h5-11H,12-14H2,1-4H3;6-8,10H,9H2,1-5H3;5,7-10H,1,6,11H2,2-4H3;4-5,7-8H,6,10H2,1-3H3;5-8H,9-10H2,1-4H3;4-8,10H,9H2,1-3H3;6-8H,5H2,1-4H3,(H2,14,17,18);6-9H,5H2,1-4H3. The van der Waals surface area contributed by atoms with Crippen molar-refractivity contribution >= 4 is 99.2 Å². The Kier molecular flexibility index (Phi) is 40.3. The molecule has 0 unspecified atom stereocenters. The third-order valence-corrected chi connectivity index (χ3v) is 26.2. The third-order valence-electron chi connectivity index (χ3n) is 22.6. The second-order valence-corrected chi connectivity index (χ2v) is 48.6. The summed E-state index contributed by atoms with van der Waals surface area (Å²) in [5.41, 5.74) is 17.3. The number of ether oxygens (including phenoxy) is 4. The number of primary sulfonamides is 1. The molecule has 0 aliphatic heterocycles. The van der Waals surface area contributed by atoms with Gasteiger partial charge in [-0.05, 0) is 146 Å². The lowest BCUT2D eigenvalue weighted by atomic mass is 9.91. The van der Waals surface area contributed by atoms with Crippen LogP contribution in [0, 0.1) is 27.6 Å². The van der Waals surface area contributed by atoms with Gasteiger partial charge in [-0.15, -0.1) is 40.6 Å². The average Bonchev–Trinajstić information content (AvgIpc) is 1.63. The van der Waals surface area contributed by atoms with Gasteiger partial charge in [-0.25, -0.2) is 48.4 Å². The van der Waals surface area contributed by atoms with Crippen LogP contribution in [-0.2, 0) is 100 Å². The van der Waals surface area contributed by atoms with Gasteiger partial charge in [0.2, 0.25) is 10.0 Å². The van der Waals surface area contributed by atoms with Crippen LogP contribution in [0.1, 0.15) is 244 Å². The number of benzene rings is 8. The lowest BCUT2D eigenvalue weighted by Crippen LogP contribution is -2.31. The number of nitrogens with zero attached hydrogens (tertiary/aromatic N) is 14. The van der Waals surface area contributed by atoms with Gasteiger partial charge in [0.05, 0.1) is 117 Å². The van der Waals surface area contributed by atoms with Crippen molar-refractivity contribution in [3.63, 3.8) is 0 Å². The molecule has 0 spiro atoms. The molecule has 21 nitrogen and oxygen atoms in total. The lowest BCUT2D eigenvalue weighted by molar-refractivity contribution is 0.176. The van der Waals surface area contributed by atoms with Gasteiger partial charge in [-0.2, -0.15) is 5.26 Å². The van der Waals surface area contributed by atoms with Gasteiger partial charge in [0.15, 0.2) is 11.5 Å². The largest absolute Gasteiger partial charge is 0.496 e. The van der Waals surface area contributed by atoms with E-state index in [9.17, 15) is 8.42 Å². The first-order valence-electron chi connectivity index (χ1n) is 49.1. The molecular weight excluding hydrogens is 1840 g/mol. The average molecular weight is 2000 g/mol. The highest BCUT2D eigenvalue weighted by molar-refractivity contribution is 7.89. The van der Waals surface area contributed by atoms with Crippen molar-refractivity contribution in [2.24, 2.45) is 21.4 Å². The van der Waals surface area contributed by atoms with Crippen LogP contribution in [0.2, 0.25) is 0 Å². The summed E-state index contributed by atoms with van der Waals surface area (Å²) in [7, 11) is 3.09. The zero-order chi connectivity index (χ0) is 105. The number of nitriles is 1. The predicted molar refractivity (Wildman–Crippen MR) is 597 cm³/mol. The maximum Gasteiger partial charge on any atom is 0.238 e. The number of imidazole rings is 5. The first-order chi connectivity index (χ1) is 66.8. The van der Waals surface area contributed by atoms with E-state index in [1.54, 1.807) is 57.2 Å². The molecule has 0 aliphatic rings. The Morgan fingerprint density at radius 1 is 0.423 bits per heavy atom. The van der Waals surface area contributed by atoms with Gasteiger partial charge >= 0.3 is 0 Å². The molecule has 0 bridgehead atoms.